The number of fused-ring (bicyclic) bond motifs is 1. The Hall–Kier alpha value is -1.01. The van der Waals surface area contributed by atoms with Gasteiger partial charge in [0.2, 0.25) is 0 Å². The SMILES string of the molecule is CN1C(SCc2ccccc2)=N[C@@H]2CS(=O)(=O)C[C@@H]21. The molecule has 19 heavy (non-hydrogen) atoms. The minimum atomic E-state index is -2.89. The largest absolute Gasteiger partial charge is 0.348 e. The van der Waals surface area contributed by atoms with Crippen LogP contribution in [0.25, 0.3) is 0 Å². The maximum Gasteiger partial charge on any atom is 0.159 e. The van der Waals surface area contributed by atoms with Gasteiger partial charge in [-0.25, -0.2) is 8.42 Å². The van der Waals surface area contributed by atoms with Crippen molar-refractivity contribution in [1.29, 1.82) is 0 Å². The summed E-state index contributed by atoms with van der Waals surface area (Å²) in [5.74, 6) is 1.32. The first kappa shape index (κ1) is 13.0. The molecule has 2 aliphatic rings. The molecule has 0 radical (unpaired) electrons. The van der Waals surface area contributed by atoms with E-state index in [0.29, 0.717) is 0 Å². The summed E-state index contributed by atoms with van der Waals surface area (Å²) in [7, 11) is -0.940. The first-order chi connectivity index (χ1) is 9.05. The number of benzene rings is 1. The Labute approximate surface area is 117 Å². The second kappa shape index (κ2) is 4.83. The number of aliphatic imine (C=N–C) groups is 1. The number of hydrogen-bond donors (Lipinski definition) is 0. The lowest BCUT2D eigenvalue weighted by atomic mass is 10.2. The Morgan fingerprint density at radius 2 is 2.05 bits per heavy atom. The summed E-state index contributed by atoms with van der Waals surface area (Å²) in [5, 5.41) is 0.966. The zero-order valence-electron chi connectivity index (χ0n) is 10.7. The normalized spacial score (nSPS) is 28.3. The second-order valence-electron chi connectivity index (χ2n) is 5.01. The molecular formula is C13H16N2O2S2. The predicted octanol–water partition coefficient (Wildman–Crippen LogP) is 1.39. The third-order valence-electron chi connectivity index (χ3n) is 3.58. The van der Waals surface area contributed by atoms with Crippen molar-refractivity contribution in [3.05, 3.63) is 35.9 Å². The molecule has 1 aromatic carbocycles. The molecule has 0 spiro atoms. The zero-order valence-corrected chi connectivity index (χ0v) is 12.3. The van der Waals surface area contributed by atoms with Crippen molar-refractivity contribution < 1.29 is 8.42 Å². The average molecular weight is 296 g/mol. The van der Waals surface area contributed by atoms with Gasteiger partial charge < -0.3 is 4.90 Å². The maximum absolute atomic E-state index is 11.6. The van der Waals surface area contributed by atoms with Crippen LogP contribution in [-0.4, -0.2) is 49.1 Å². The molecule has 2 aliphatic heterocycles. The van der Waals surface area contributed by atoms with E-state index in [1.54, 1.807) is 11.8 Å². The van der Waals surface area contributed by atoms with E-state index in [9.17, 15) is 8.42 Å². The van der Waals surface area contributed by atoms with Gasteiger partial charge in [0, 0.05) is 12.8 Å². The van der Waals surface area contributed by atoms with Crippen LogP contribution in [0.4, 0.5) is 0 Å². The zero-order chi connectivity index (χ0) is 13.5. The standard InChI is InChI=1S/C13H16N2O2S2/c1-15-12-9-19(16,17)8-11(12)14-13(15)18-7-10-5-3-2-4-6-10/h2-6,11-12H,7-9H2,1H3/t11-,12+/m1/s1. The van der Waals surface area contributed by atoms with Gasteiger partial charge in [-0.1, -0.05) is 42.1 Å². The van der Waals surface area contributed by atoms with Crippen LogP contribution >= 0.6 is 11.8 Å². The van der Waals surface area contributed by atoms with Gasteiger partial charge in [0.25, 0.3) is 0 Å². The molecule has 0 bridgehead atoms. The summed E-state index contributed by atoms with van der Waals surface area (Å²) >= 11 is 1.68. The van der Waals surface area contributed by atoms with Gasteiger partial charge >= 0.3 is 0 Å². The predicted molar refractivity (Wildman–Crippen MR) is 79.2 cm³/mol. The Balaban J connectivity index is 1.67. The molecule has 4 nitrogen and oxygen atoms in total. The summed E-state index contributed by atoms with van der Waals surface area (Å²) < 4.78 is 23.1. The van der Waals surface area contributed by atoms with Crippen molar-refractivity contribution in [1.82, 2.24) is 4.90 Å². The van der Waals surface area contributed by atoms with Crippen LogP contribution in [0.5, 0.6) is 0 Å². The van der Waals surface area contributed by atoms with Crippen molar-refractivity contribution in [3.8, 4) is 0 Å². The van der Waals surface area contributed by atoms with Crippen LogP contribution in [0.2, 0.25) is 0 Å². The lowest BCUT2D eigenvalue weighted by Gasteiger charge is -2.20. The highest BCUT2D eigenvalue weighted by Gasteiger charge is 2.44. The van der Waals surface area contributed by atoms with E-state index in [4.69, 9.17) is 0 Å². The molecule has 0 amide bonds. The molecule has 0 N–H and O–H groups in total. The maximum atomic E-state index is 11.6. The summed E-state index contributed by atoms with van der Waals surface area (Å²) in [4.78, 5) is 6.60. The molecule has 2 atom stereocenters. The summed E-state index contributed by atoms with van der Waals surface area (Å²) in [6, 6.07) is 10.2. The van der Waals surface area contributed by atoms with Crippen molar-refractivity contribution in [2.75, 3.05) is 18.6 Å². The first-order valence-corrected chi connectivity index (χ1v) is 9.04. The second-order valence-corrected chi connectivity index (χ2v) is 8.10. The van der Waals surface area contributed by atoms with E-state index < -0.39 is 9.84 Å². The van der Waals surface area contributed by atoms with Gasteiger partial charge in [0.1, 0.15) is 0 Å². The molecule has 1 fully saturated rings. The molecule has 0 saturated carbocycles. The Bertz CT molecular complexity index is 598. The van der Waals surface area contributed by atoms with Gasteiger partial charge in [-0.15, -0.1) is 0 Å². The van der Waals surface area contributed by atoms with E-state index >= 15 is 0 Å². The number of hydrogen-bond acceptors (Lipinski definition) is 5. The summed E-state index contributed by atoms with van der Waals surface area (Å²) in [5.41, 5.74) is 1.26. The fraction of sp³-hybridized carbons (Fsp3) is 0.462. The molecule has 0 unspecified atom stereocenters. The molecule has 0 aromatic heterocycles. The van der Waals surface area contributed by atoms with Crippen LogP contribution < -0.4 is 0 Å². The lowest BCUT2D eigenvalue weighted by molar-refractivity contribution is 0.410. The van der Waals surface area contributed by atoms with Gasteiger partial charge in [-0.05, 0) is 5.56 Å². The van der Waals surface area contributed by atoms with Crippen molar-refractivity contribution in [2.24, 2.45) is 4.99 Å². The highest BCUT2D eigenvalue weighted by molar-refractivity contribution is 8.13. The van der Waals surface area contributed by atoms with E-state index in [-0.39, 0.29) is 23.6 Å². The highest BCUT2D eigenvalue weighted by Crippen LogP contribution is 2.30. The number of amidine groups is 1. The third-order valence-corrected chi connectivity index (χ3v) is 6.41. The van der Waals surface area contributed by atoms with Crippen molar-refractivity contribution in [2.45, 2.75) is 17.8 Å². The molecule has 2 heterocycles. The Morgan fingerprint density at radius 1 is 1.32 bits per heavy atom. The Kier molecular flexibility index (Phi) is 3.30. The smallest absolute Gasteiger partial charge is 0.159 e. The number of nitrogens with zero attached hydrogens (tertiary/aromatic N) is 2. The van der Waals surface area contributed by atoms with E-state index in [1.807, 2.05) is 30.1 Å². The van der Waals surface area contributed by atoms with Crippen LogP contribution in [0.1, 0.15) is 5.56 Å². The molecule has 1 aromatic rings. The lowest BCUT2D eigenvalue weighted by Crippen LogP contribution is -2.35. The molecular weight excluding hydrogens is 280 g/mol. The number of thioether (sulfide) groups is 1. The summed E-state index contributed by atoms with van der Waals surface area (Å²) in [6.45, 7) is 0. The van der Waals surface area contributed by atoms with E-state index in [2.05, 4.69) is 17.1 Å². The summed E-state index contributed by atoms with van der Waals surface area (Å²) in [6.07, 6.45) is 0. The fourth-order valence-electron chi connectivity index (χ4n) is 2.54. The molecule has 3 rings (SSSR count). The van der Waals surface area contributed by atoms with Crippen molar-refractivity contribution in [3.63, 3.8) is 0 Å². The van der Waals surface area contributed by atoms with E-state index in [1.165, 1.54) is 5.56 Å². The minimum Gasteiger partial charge on any atom is -0.348 e. The monoisotopic (exact) mass is 296 g/mol. The van der Waals surface area contributed by atoms with Crippen LogP contribution in [0, 0.1) is 0 Å². The van der Waals surface area contributed by atoms with Crippen LogP contribution in [0.3, 0.4) is 0 Å². The third kappa shape index (κ3) is 2.65. The average Bonchev–Trinajstić information content (AvgIpc) is 2.83. The molecule has 6 heteroatoms. The molecule has 0 aliphatic carbocycles. The number of rotatable bonds is 2. The van der Waals surface area contributed by atoms with Gasteiger partial charge in [-0.3, -0.25) is 4.99 Å². The minimum absolute atomic E-state index is 0.0447. The topological polar surface area (TPSA) is 49.7 Å². The first-order valence-electron chi connectivity index (χ1n) is 6.23. The fourth-order valence-corrected chi connectivity index (χ4v) is 5.50. The Morgan fingerprint density at radius 3 is 2.74 bits per heavy atom. The van der Waals surface area contributed by atoms with Crippen molar-refractivity contribution >= 4 is 26.8 Å². The van der Waals surface area contributed by atoms with Crippen LogP contribution in [-0.2, 0) is 15.6 Å². The van der Waals surface area contributed by atoms with E-state index in [0.717, 1.165) is 10.9 Å². The van der Waals surface area contributed by atoms with Gasteiger partial charge in [-0.2, -0.15) is 0 Å². The number of likely N-dealkylation sites (N-methyl/N-ethyl adjacent to an activating group) is 1. The quantitative estimate of drug-likeness (QED) is 0.827. The van der Waals surface area contributed by atoms with Gasteiger partial charge in [0.15, 0.2) is 15.0 Å². The molecule has 102 valence electrons. The van der Waals surface area contributed by atoms with Gasteiger partial charge in [0.05, 0.1) is 23.6 Å². The molecule has 1 saturated heterocycles. The number of sulfone groups is 1. The van der Waals surface area contributed by atoms with Crippen LogP contribution in [0.15, 0.2) is 35.3 Å². The highest BCUT2D eigenvalue weighted by atomic mass is 32.2.